The summed E-state index contributed by atoms with van der Waals surface area (Å²) in [6.45, 7) is 7.04. The normalized spacial score (nSPS) is 22.6. The number of rotatable bonds is 5. The Hall–Kier alpha value is -1.50. The molecule has 1 unspecified atom stereocenters. The molecular weight excluding hydrogens is 280 g/mol. The number of carbonyl (C=O) groups is 1. The quantitative estimate of drug-likeness (QED) is 0.843. The smallest absolute Gasteiger partial charge is 0.255 e. The fourth-order valence-corrected chi connectivity index (χ4v) is 3.08. The molecule has 6 nitrogen and oxygen atoms in total. The van der Waals surface area contributed by atoms with Crippen molar-refractivity contribution in [1.82, 2.24) is 20.1 Å². The Bertz CT molecular complexity index is 470. The largest absolute Gasteiger partial charge is 0.379 e. The zero-order valence-electron chi connectivity index (χ0n) is 12.9. The van der Waals surface area contributed by atoms with Gasteiger partial charge >= 0.3 is 0 Å². The maximum absolute atomic E-state index is 12.8. The molecule has 3 rings (SSSR count). The van der Waals surface area contributed by atoms with Crippen LogP contribution in [0.3, 0.4) is 0 Å². The molecule has 3 heterocycles. The molecule has 1 aromatic rings. The minimum absolute atomic E-state index is 0.0926. The summed E-state index contributed by atoms with van der Waals surface area (Å²) >= 11 is 0. The Morgan fingerprint density at radius 1 is 1.45 bits per heavy atom. The summed E-state index contributed by atoms with van der Waals surface area (Å²) in [5.41, 5.74) is 0.677. The second-order valence-corrected chi connectivity index (χ2v) is 5.84. The Morgan fingerprint density at radius 3 is 3.00 bits per heavy atom. The molecule has 2 fully saturated rings. The van der Waals surface area contributed by atoms with E-state index in [1.807, 2.05) is 17.0 Å². The van der Waals surface area contributed by atoms with E-state index >= 15 is 0 Å². The molecule has 0 radical (unpaired) electrons. The zero-order chi connectivity index (χ0) is 15.2. The summed E-state index contributed by atoms with van der Waals surface area (Å²) in [5.74, 6) is 0.0926. The number of aromatic nitrogens is 1. The van der Waals surface area contributed by atoms with Crippen LogP contribution in [0.15, 0.2) is 24.5 Å². The van der Waals surface area contributed by atoms with Crippen molar-refractivity contribution in [3.8, 4) is 0 Å². The molecule has 6 heteroatoms. The second-order valence-electron chi connectivity index (χ2n) is 5.84. The fraction of sp³-hybridized carbons (Fsp3) is 0.625. The zero-order valence-corrected chi connectivity index (χ0v) is 12.9. The molecule has 0 bridgehead atoms. The number of hydrogen-bond acceptors (Lipinski definition) is 5. The number of amides is 1. The standard InChI is InChI=1S/C16H24N4O2/c21-16(14-2-1-4-17-12-14)20(15-3-5-18-13-15)7-6-19-8-10-22-11-9-19/h1-2,4,12,15,18H,3,5-11,13H2. The van der Waals surface area contributed by atoms with Crippen molar-refractivity contribution in [2.24, 2.45) is 0 Å². The first-order valence-corrected chi connectivity index (χ1v) is 8.06. The molecule has 1 aromatic heterocycles. The molecule has 1 atom stereocenters. The molecule has 0 saturated carbocycles. The van der Waals surface area contributed by atoms with E-state index in [4.69, 9.17) is 4.74 Å². The van der Waals surface area contributed by atoms with Crippen LogP contribution < -0.4 is 5.32 Å². The van der Waals surface area contributed by atoms with Gasteiger partial charge in [0.2, 0.25) is 0 Å². The highest BCUT2D eigenvalue weighted by molar-refractivity contribution is 5.94. The number of nitrogens with one attached hydrogen (secondary N) is 1. The summed E-state index contributed by atoms with van der Waals surface area (Å²) < 4.78 is 5.38. The SMILES string of the molecule is O=C(c1cccnc1)N(CCN1CCOCC1)C1CCNC1. The first-order valence-electron chi connectivity index (χ1n) is 8.06. The Morgan fingerprint density at radius 2 is 2.32 bits per heavy atom. The van der Waals surface area contributed by atoms with Crippen LogP contribution in [0.5, 0.6) is 0 Å². The topological polar surface area (TPSA) is 57.7 Å². The van der Waals surface area contributed by atoms with Gasteiger partial charge in [-0.3, -0.25) is 14.7 Å². The van der Waals surface area contributed by atoms with Gasteiger partial charge in [0.15, 0.2) is 0 Å². The molecule has 0 aromatic carbocycles. The molecule has 1 amide bonds. The van der Waals surface area contributed by atoms with Gasteiger partial charge in [-0.25, -0.2) is 0 Å². The molecule has 2 saturated heterocycles. The van der Waals surface area contributed by atoms with Gasteiger partial charge in [0.05, 0.1) is 18.8 Å². The van der Waals surface area contributed by atoms with Crippen molar-refractivity contribution in [2.75, 3.05) is 52.5 Å². The monoisotopic (exact) mass is 304 g/mol. The molecular formula is C16H24N4O2. The number of nitrogens with zero attached hydrogens (tertiary/aromatic N) is 3. The predicted octanol–water partition coefficient (Wildman–Crippen LogP) is 0.218. The van der Waals surface area contributed by atoms with Crippen LogP contribution in [-0.4, -0.2) is 79.2 Å². The maximum atomic E-state index is 12.8. The minimum Gasteiger partial charge on any atom is -0.379 e. The van der Waals surface area contributed by atoms with Gasteiger partial charge in [0.1, 0.15) is 0 Å². The van der Waals surface area contributed by atoms with E-state index in [9.17, 15) is 4.79 Å². The van der Waals surface area contributed by atoms with Crippen LogP contribution in [0.1, 0.15) is 16.8 Å². The van der Waals surface area contributed by atoms with Crippen LogP contribution >= 0.6 is 0 Å². The molecule has 0 aliphatic carbocycles. The number of hydrogen-bond donors (Lipinski definition) is 1. The van der Waals surface area contributed by atoms with Crippen LogP contribution in [-0.2, 0) is 4.74 Å². The average Bonchev–Trinajstić information content (AvgIpc) is 3.11. The van der Waals surface area contributed by atoms with Gasteiger partial charge in [0.25, 0.3) is 5.91 Å². The van der Waals surface area contributed by atoms with Crippen molar-refractivity contribution >= 4 is 5.91 Å². The van der Waals surface area contributed by atoms with Crippen molar-refractivity contribution in [3.05, 3.63) is 30.1 Å². The van der Waals surface area contributed by atoms with Gasteiger partial charge in [-0.05, 0) is 25.1 Å². The van der Waals surface area contributed by atoms with Crippen molar-refractivity contribution in [3.63, 3.8) is 0 Å². The minimum atomic E-state index is 0.0926. The number of pyridine rings is 1. The van der Waals surface area contributed by atoms with E-state index in [0.717, 1.165) is 58.9 Å². The van der Waals surface area contributed by atoms with E-state index in [1.165, 1.54) is 0 Å². The van der Waals surface area contributed by atoms with Crippen LogP contribution in [0.2, 0.25) is 0 Å². The number of morpholine rings is 1. The first kappa shape index (κ1) is 15.4. The highest BCUT2D eigenvalue weighted by Gasteiger charge is 2.27. The highest BCUT2D eigenvalue weighted by atomic mass is 16.5. The van der Waals surface area contributed by atoms with Crippen LogP contribution in [0.25, 0.3) is 0 Å². The van der Waals surface area contributed by atoms with E-state index in [1.54, 1.807) is 12.4 Å². The van der Waals surface area contributed by atoms with Crippen molar-refractivity contribution in [1.29, 1.82) is 0 Å². The molecule has 120 valence electrons. The summed E-state index contributed by atoms with van der Waals surface area (Å²) in [5, 5.41) is 3.35. The summed E-state index contributed by atoms with van der Waals surface area (Å²) in [6, 6.07) is 3.95. The number of ether oxygens (including phenoxy) is 1. The second kappa shape index (κ2) is 7.67. The third-order valence-electron chi connectivity index (χ3n) is 4.41. The van der Waals surface area contributed by atoms with Crippen molar-refractivity contribution in [2.45, 2.75) is 12.5 Å². The van der Waals surface area contributed by atoms with Gasteiger partial charge in [-0.1, -0.05) is 0 Å². The highest BCUT2D eigenvalue weighted by Crippen LogP contribution is 2.13. The average molecular weight is 304 g/mol. The third kappa shape index (κ3) is 3.82. The van der Waals surface area contributed by atoms with Crippen molar-refractivity contribution < 1.29 is 9.53 Å². The third-order valence-corrected chi connectivity index (χ3v) is 4.41. The van der Waals surface area contributed by atoms with Crippen LogP contribution in [0.4, 0.5) is 0 Å². The molecule has 0 spiro atoms. The molecule has 2 aliphatic heterocycles. The predicted molar refractivity (Wildman–Crippen MR) is 83.8 cm³/mol. The Labute approximate surface area is 131 Å². The summed E-state index contributed by atoms with van der Waals surface area (Å²) in [7, 11) is 0. The summed E-state index contributed by atoms with van der Waals surface area (Å²) in [6.07, 6.45) is 4.38. The summed E-state index contributed by atoms with van der Waals surface area (Å²) in [4.78, 5) is 21.3. The van der Waals surface area contributed by atoms with Gasteiger partial charge in [-0.2, -0.15) is 0 Å². The number of carbonyl (C=O) groups excluding carboxylic acids is 1. The van der Waals surface area contributed by atoms with Gasteiger partial charge in [-0.15, -0.1) is 0 Å². The van der Waals surface area contributed by atoms with Gasteiger partial charge < -0.3 is 15.0 Å². The lowest BCUT2D eigenvalue weighted by Crippen LogP contribution is -2.47. The lowest BCUT2D eigenvalue weighted by atomic mass is 10.1. The Kier molecular flexibility index (Phi) is 5.37. The molecule has 1 N–H and O–H groups in total. The lowest BCUT2D eigenvalue weighted by molar-refractivity contribution is 0.0301. The maximum Gasteiger partial charge on any atom is 0.255 e. The van der Waals surface area contributed by atoms with E-state index < -0.39 is 0 Å². The first-order chi connectivity index (χ1) is 10.8. The van der Waals surface area contributed by atoms with E-state index in [0.29, 0.717) is 5.56 Å². The van der Waals surface area contributed by atoms with E-state index in [2.05, 4.69) is 15.2 Å². The fourth-order valence-electron chi connectivity index (χ4n) is 3.08. The van der Waals surface area contributed by atoms with E-state index in [-0.39, 0.29) is 11.9 Å². The molecule has 22 heavy (non-hydrogen) atoms. The van der Waals surface area contributed by atoms with Crippen LogP contribution in [0, 0.1) is 0 Å². The lowest BCUT2D eigenvalue weighted by Gasteiger charge is -2.33. The Balaban J connectivity index is 1.65. The van der Waals surface area contributed by atoms with Gasteiger partial charge in [0, 0.05) is 51.2 Å². The molecule has 2 aliphatic rings.